The quantitative estimate of drug-likeness (QED) is 0.555. The Morgan fingerprint density at radius 1 is 1.30 bits per heavy atom. The largest absolute Gasteiger partial charge is 0.506 e. The first-order valence-electron chi connectivity index (χ1n) is 8.82. The molecule has 1 aliphatic carbocycles. The van der Waals surface area contributed by atoms with Crippen molar-refractivity contribution in [2.75, 3.05) is 5.73 Å². The first-order valence-corrected chi connectivity index (χ1v) is 9.20. The van der Waals surface area contributed by atoms with E-state index >= 15 is 0 Å². The average Bonchev–Trinajstić information content (AvgIpc) is 2.64. The molecule has 27 heavy (non-hydrogen) atoms. The lowest BCUT2D eigenvalue weighted by Gasteiger charge is -2.42. The van der Waals surface area contributed by atoms with Crippen molar-refractivity contribution in [2.24, 2.45) is 10.7 Å². The molecule has 2 aromatic rings. The van der Waals surface area contributed by atoms with E-state index in [9.17, 15) is 9.90 Å². The van der Waals surface area contributed by atoms with Crippen LogP contribution in [0.25, 0.3) is 0 Å². The molecule has 1 fully saturated rings. The van der Waals surface area contributed by atoms with E-state index in [1.807, 2.05) is 18.2 Å². The fourth-order valence-electron chi connectivity index (χ4n) is 3.82. The number of hydrogen-bond donors (Lipinski definition) is 3. The van der Waals surface area contributed by atoms with Crippen molar-refractivity contribution in [2.45, 2.75) is 36.9 Å². The number of phenolic OH excluding ortho intramolecular Hbond substituents is 1. The Labute approximate surface area is 161 Å². The number of ether oxygens (including phenoxy) is 1. The molecule has 0 saturated heterocycles. The molecule has 7 heteroatoms. The Morgan fingerprint density at radius 3 is 2.81 bits per heavy atom. The van der Waals surface area contributed by atoms with Crippen molar-refractivity contribution in [3.05, 3.63) is 58.6 Å². The summed E-state index contributed by atoms with van der Waals surface area (Å²) in [6.45, 7) is 0. The number of aromatic hydroxyl groups is 1. The molecule has 1 heterocycles. The number of nitrogens with zero attached hydrogens (tertiary/aromatic N) is 1. The van der Waals surface area contributed by atoms with E-state index in [1.165, 1.54) is 6.07 Å². The number of carbonyl (C=O) groups excluding carboxylic acids is 1. The monoisotopic (exact) mass is 385 g/mol. The van der Waals surface area contributed by atoms with Gasteiger partial charge in [0.05, 0.1) is 5.69 Å². The smallest absolute Gasteiger partial charge is 0.207 e. The van der Waals surface area contributed by atoms with Gasteiger partial charge in [-0.3, -0.25) is 4.79 Å². The van der Waals surface area contributed by atoms with Crippen LogP contribution in [0.4, 0.5) is 5.69 Å². The number of hydrogen-bond acceptors (Lipinski definition) is 6. The summed E-state index contributed by atoms with van der Waals surface area (Å²) in [6, 6.07) is 11.3. The number of ketones is 1. The third kappa shape index (κ3) is 2.85. The van der Waals surface area contributed by atoms with Crippen LogP contribution in [0.1, 0.15) is 36.4 Å². The maximum atomic E-state index is 13.1. The Balaban J connectivity index is 1.82. The fraction of sp³-hybridized carbons (Fsp3) is 0.300. The zero-order chi connectivity index (χ0) is 19.2. The van der Waals surface area contributed by atoms with Crippen molar-refractivity contribution in [1.82, 2.24) is 0 Å². The number of Topliss-reactive ketones (excluding diaryl/α,β-unsaturated/α-hetero) is 1. The summed E-state index contributed by atoms with van der Waals surface area (Å²) in [7, 11) is 0. The standard InChI is InChI=1S/C20H20ClN3O3/c21-13-5-2-1-4-12(13)20-9-3-6-16(18(20)26)27-19(24-20)17(23)11-7-8-15(25)14(22)10-11/h1-2,4-5,7-8,10,16-17,25H,3,6,9,22-23H2. The van der Waals surface area contributed by atoms with Crippen molar-refractivity contribution < 1.29 is 14.6 Å². The molecule has 3 atom stereocenters. The lowest BCUT2D eigenvalue weighted by atomic mass is 9.73. The van der Waals surface area contributed by atoms with Crippen LogP contribution in [0.15, 0.2) is 47.5 Å². The predicted octanol–water partition coefficient (Wildman–Crippen LogP) is 3.07. The van der Waals surface area contributed by atoms with Gasteiger partial charge in [0.15, 0.2) is 11.6 Å². The molecular formula is C20H20ClN3O3. The van der Waals surface area contributed by atoms with E-state index in [0.717, 1.165) is 6.42 Å². The van der Waals surface area contributed by atoms with Gasteiger partial charge in [-0.25, -0.2) is 4.99 Å². The molecule has 0 radical (unpaired) electrons. The highest BCUT2D eigenvalue weighted by Crippen LogP contribution is 2.45. The van der Waals surface area contributed by atoms with Gasteiger partial charge in [0, 0.05) is 10.6 Å². The molecule has 6 nitrogen and oxygen atoms in total. The van der Waals surface area contributed by atoms with Gasteiger partial charge >= 0.3 is 0 Å². The van der Waals surface area contributed by atoms with Gasteiger partial charge in [-0.1, -0.05) is 35.9 Å². The summed E-state index contributed by atoms with van der Waals surface area (Å²) in [5.74, 6) is 0.185. The number of rotatable bonds is 3. The van der Waals surface area contributed by atoms with E-state index in [-0.39, 0.29) is 23.1 Å². The topological polar surface area (TPSA) is 111 Å². The van der Waals surface area contributed by atoms with Gasteiger partial charge in [0.1, 0.15) is 11.8 Å². The number of benzene rings is 2. The molecule has 1 aliphatic heterocycles. The number of halogens is 1. The SMILES string of the molecule is Nc1cc(C(N)C2=NC3(c4ccccc4Cl)CCCC(O2)C3=O)ccc1O. The zero-order valence-electron chi connectivity index (χ0n) is 14.6. The van der Waals surface area contributed by atoms with Crippen LogP contribution >= 0.6 is 11.6 Å². The van der Waals surface area contributed by atoms with Crippen LogP contribution in [0.3, 0.4) is 0 Å². The van der Waals surface area contributed by atoms with Crippen molar-refractivity contribution in [3.63, 3.8) is 0 Å². The summed E-state index contributed by atoms with van der Waals surface area (Å²) < 4.78 is 5.87. The third-order valence-electron chi connectivity index (χ3n) is 5.27. The minimum atomic E-state index is -1.07. The van der Waals surface area contributed by atoms with E-state index < -0.39 is 17.7 Å². The molecule has 2 aliphatic rings. The zero-order valence-corrected chi connectivity index (χ0v) is 15.3. The summed E-state index contributed by atoms with van der Waals surface area (Å²) >= 11 is 6.41. The van der Waals surface area contributed by atoms with Gasteiger partial charge in [-0.15, -0.1) is 0 Å². The number of aliphatic imine (C=N–C) groups is 1. The van der Waals surface area contributed by atoms with Crippen LogP contribution in [-0.2, 0) is 15.1 Å². The van der Waals surface area contributed by atoms with Crippen LogP contribution in [0.5, 0.6) is 5.75 Å². The molecule has 140 valence electrons. The van der Waals surface area contributed by atoms with E-state index in [4.69, 9.17) is 32.8 Å². The number of nitrogen functional groups attached to an aromatic ring is 1. The Bertz CT molecular complexity index is 946. The minimum Gasteiger partial charge on any atom is -0.506 e. The Hall–Kier alpha value is -2.57. The molecule has 5 N–H and O–H groups in total. The van der Waals surface area contributed by atoms with Crippen molar-refractivity contribution >= 4 is 29.0 Å². The summed E-state index contributed by atoms with van der Waals surface area (Å²) in [6.07, 6.45) is 1.39. The van der Waals surface area contributed by atoms with Crippen molar-refractivity contribution in [3.8, 4) is 5.75 Å². The third-order valence-corrected chi connectivity index (χ3v) is 5.59. The van der Waals surface area contributed by atoms with Gasteiger partial charge in [-0.05, 0) is 43.0 Å². The van der Waals surface area contributed by atoms with E-state index in [2.05, 4.69) is 0 Å². The van der Waals surface area contributed by atoms with Crippen LogP contribution < -0.4 is 11.5 Å². The first kappa shape index (κ1) is 17.8. The lowest BCUT2D eigenvalue weighted by molar-refractivity contribution is -0.137. The molecule has 0 spiro atoms. The highest BCUT2D eigenvalue weighted by Gasteiger charge is 2.52. The molecule has 0 amide bonds. The molecular weight excluding hydrogens is 366 g/mol. The number of fused-ring (bicyclic) bond motifs is 2. The van der Waals surface area contributed by atoms with Gasteiger partial charge in [0.2, 0.25) is 11.7 Å². The molecule has 2 aromatic carbocycles. The number of anilines is 1. The minimum absolute atomic E-state index is 0.0166. The van der Waals surface area contributed by atoms with Gasteiger partial charge < -0.3 is 21.3 Å². The second-order valence-corrected chi connectivity index (χ2v) is 7.36. The molecule has 3 unspecified atom stereocenters. The van der Waals surface area contributed by atoms with E-state index in [0.29, 0.717) is 29.0 Å². The molecule has 4 rings (SSSR count). The molecule has 2 bridgehead atoms. The second-order valence-electron chi connectivity index (χ2n) is 6.95. The maximum absolute atomic E-state index is 13.1. The fourth-order valence-corrected chi connectivity index (χ4v) is 4.12. The second kappa shape index (κ2) is 6.55. The average molecular weight is 386 g/mol. The van der Waals surface area contributed by atoms with E-state index in [1.54, 1.807) is 18.2 Å². The lowest BCUT2D eigenvalue weighted by Crippen LogP contribution is -2.52. The first-order chi connectivity index (χ1) is 12.9. The number of nitrogens with two attached hydrogens (primary N) is 2. The van der Waals surface area contributed by atoms with Crippen LogP contribution in [0.2, 0.25) is 5.02 Å². The normalized spacial score (nSPS) is 25.5. The summed E-state index contributed by atoms with van der Waals surface area (Å²) in [5, 5.41) is 10.1. The maximum Gasteiger partial charge on any atom is 0.207 e. The van der Waals surface area contributed by atoms with Gasteiger partial charge in [-0.2, -0.15) is 0 Å². The predicted molar refractivity (Wildman–Crippen MR) is 104 cm³/mol. The highest BCUT2D eigenvalue weighted by molar-refractivity contribution is 6.32. The highest BCUT2D eigenvalue weighted by atomic mass is 35.5. The number of phenols is 1. The summed E-state index contributed by atoms with van der Waals surface area (Å²) in [5.41, 5.74) is 12.6. The number of carbonyl (C=O) groups is 1. The van der Waals surface area contributed by atoms with Crippen LogP contribution in [-0.4, -0.2) is 22.9 Å². The van der Waals surface area contributed by atoms with Crippen LogP contribution in [0, 0.1) is 0 Å². The van der Waals surface area contributed by atoms with Crippen molar-refractivity contribution in [1.29, 1.82) is 0 Å². The molecule has 0 aromatic heterocycles. The Kier molecular flexibility index (Phi) is 4.32. The molecule has 1 saturated carbocycles. The van der Waals surface area contributed by atoms with Gasteiger partial charge in [0.25, 0.3) is 0 Å². The summed E-state index contributed by atoms with van der Waals surface area (Å²) in [4.78, 5) is 17.8. The Morgan fingerprint density at radius 2 is 2.07 bits per heavy atom.